The fourth-order valence-corrected chi connectivity index (χ4v) is 5.16. The lowest BCUT2D eigenvalue weighted by atomic mass is 10.0. The van der Waals surface area contributed by atoms with E-state index in [0.29, 0.717) is 18.1 Å². The molecule has 0 atom stereocenters. The molecule has 2 aromatic carbocycles. The second-order valence-corrected chi connectivity index (χ2v) is 9.77. The van der Waals surface area contributed by atoms with Crippen LogP contribution < -0.4 is 21.7 Å². The van der Waals surface area contributed by atoms with Crippen molar-refractivity contribution in [2.24, 2.45) is 0 Å². The monoisotopic (exact) mass is 534 g/mol. The zero-order valence-electron chi connectivity index (χ0n) is 21.1. The number of benzene rings is 2. The third-order valence-corrected chi connectivity index (χ3v) is 7.01. The number of fused-ring (bicyclic) bond motifs is 1. The van der Waals surface area contributed by atoms with Crippen LogP contribution in [0.15, 0.2) is 90.7 Å². The summed E-state index contributed by atoms with van der Waals surface area (Å²) in [6.45, 7) is 2.37. The van der Waals surface area contributed by atoms with E-state index in [1.165, 1.54) is 17.4 Å². The Bertz CT molecular complexity index is 1660. The highest BCUT2D eigenvalue weighted by molar-refractivity contribution is 7.18. The van der Waals surface area contributed by atoms with Crippen LogP contribution in [0.25, 0.3) is 27.3 Å². The number of urea groups is 1. The number of rotatable bonds is 7. The van der Waals surface area contributed by atoms with Crippen LogP contribution in [0.2, 0.25) is 0 Å². The SMILES string of the molecule is Cc1cccc(NC(=O)Nc2ccc(-c3csc4c(C=CC(=O)NCc5cccnc5)cnc(N)c34)cc2)c1. The van der Waals surface area contributed by atoms with Crippen molar-refractivity contribution in [1.82, 2.24) is 15.3 Å². The lowest BCUT2D eigenvalue weighted by Crippen LogP contribution is -2.20. The number of nitrogens with zero attached hydrogens (tertiary/aromatic N) is 2. The van der Waals surface area contributed by atoms with Crippen LogP contribution in [0.4, 0.5) is 22.0 Å². The number of aromatic nitrogens is 2. The van der Waals surface area contributed by atoms with E-state index in [1.54, 1.807) is 24.7 Å². The number of carbonyl (C=O) groups is 2. The van der Waals surface area contributed by atoms with E-state index in [0.717, 1.165) is 43.6 Å². The maximum absolute atomic E-state index is 12.4. The van der Waals surface area contributed by atoms with E-state index in [9.17, 15) is 9.59 Å². The minimum Gasteiger partial charge on any atom is -0.383 e. The number of hydrogen-bond donors (Lipinski definition) is 4. The first-order valence-corrected chi connectivity index (χ1v) is 13.1. The summed E-state index contributed by atoms with van der Waals surface area (Å²) in [5, 5.41) is 11.4. The fourth-order valence-electron chi connectivity index (χ4n) is 4.08. The fraction of sp³-hybridized carbons (Fsp3) is 0.0667. The van der Waals surface area contributed by atoms with Crippen LogP contribution >= 0.6 is 11.3 Å². The maximum Gasteiger partial charge on any atom is 0.323 e. The Morgan fingerprint density at radius 3 is 2.59 bits per heavy atom. The summed E-state index contributed by atoms with van der Waals surface area (Å²) in [4.78, 5) is 33.2. The van der Waals surface area contributed by atoms with E-state index in [-0.39, 0.29) is 11.9 Å². The minimum atomic E-state index is -0.316. The van der Waals surface area contributed by atoms with Gasteiger partial charge >= 0.3 is 6.03 Å². The smallest absolute Gasteiger partial charge is 0.323 e. The van der Waals surface area contributed by atoms with E-state index in [4.69, 9.17) is 5.73 Å². The molecular weight excluding hydrogens is 508 g/mol. The molecule has 0 bridgehead atoms. The van der Waals surface area contributed by atoms with E-state index >= 15 is 0 Å². The zero-order valence-corrected chi connectivity index (χ0v) is 22.0. The number of hydrogen-bond acceptors (Lipinski definition) is 6. The van der Waals surface area contributed by atoms with Crippen LogP contribution in [0.5, 0.6) is 0 Å². The number of nitrogens with two attached hydrogens (primary N) is 1. The molecule has 9 heteroatoms. The van der Waals surface area contributed by atoms with Gasteiger partial charge in [0.15, 0.2) is 0 Å². The number of aryl methyl sites for hydroxylation is 1. The summed E-state index contributed by atoms with van der Waals surface area (Å²) in [5.41, 5.74) is 12.3. The summed E-state index contributed by atoms with van der Waals surface area (Å²) >= 11 is 1.54. The van der Waals surface area contributed by atoms with Gasteiger partial charge in [0.2, 0.25) is 5.91 Å². The summed E-state index contributed by atoms with van der Waals surface area (Å²) in [7, 11) is 0. The maximum atomic E-state index is 12.4. The van der Waals surface area contributed by atoms with Crippen molar-refractivity contribution >= 4 is 56.6 Å². The molecule has 0 aliphatic heterocycles. The van der Waals surface area contributed by atoms with Crippen molar-refractivity contribution < 1.29 is 9.59 Å². The average molecular weight is 535 g/mol. The van der Waals surface area contributed by atoms with Crippen molar-refractivity contribution in [3.8, 4) is 11.1 Å². The van der Waals surface area contributed by atoms with Gasteiger partial charge in [0, 0.05) is 63.8 Å². The summed E-state index contributed by atoms with van der Waals surface area (Å²) in [5.74, 6) is 0.203. The van der Waals surface area contributed by atoms with Gasteiger partial charge in [-0.1, -0.05) is 30.3 Å². The van der Waals surface area contributed by atoms with Crippen LogP contribution in [-0.4, -0.2) is 21.9 Å². The predicted octanol–water partition coefficient (Wildman–Crippen LogP) is 6.22. The number of amides is 3. The second kappa shape index (κ2) is 11.6. The lowest BCUT2D eigenvalue weighted by Gasteiger charge is -2.09. The highest BCUT2D eigenvalue weighted by Crippen LogP contribution is 2.39. The molecule has 5 N–H and O–H groups in total. The van der Waals surface area contributed by atoms with Gasteiger partial charge in [-0.15, -0.1) is 11.3 Å². The summed E-state index contributed by atoms with van der Waals surface area (Å²) < 4.78 is 0.938. The Morgan fingerprint density at radius 2 is 1.82 bits per heavy atom. The van der Waals surface area contributed by atoms with Gasteiger partial charge in [-0.25, -0.2) is 9.78 Å². The molecule has 8 nitrogen and oxygen atoms in total. The standard InChI is InChI=1S/C30H26N6O2S/c1-19-4-2-6-24(14-19)36-30(38)35-23-10-7-21(8-11-23)25-18-39-28-22(17-34-29(31)27(25)28)9-12-26(37)33-16-20-5-3-13-32-15-20/h2-15,17-18H,16H2,1H3,(H2,31,34)(H,33,37)(H2,35,36,38). The van der Waals surface area contributed by atoms with Gasteiger partial charge in [0.05, 0.1) is 0 Å². The largest absolute Gasteiger partial charge is 0.383 e. The van der Waals surface area contributed by atoms with Crippen LogP contribution in [0.3, 0.4) is 0 Å². The summed E-state index contributed by atoms with van der Waals surface area (Å²) in [6, 6.07) is 18.6. The molecule has 3 amide bonds. The average Bonchev–Trinajstić information content (AvgIpc) is 3.39. The second-order valence-electron chi connectivity index (χ2n) is 8.89. The number of anilines is 3. The number of carbonyl (C=O) groups excluding carboxylic acids is 2. The van der Waals surface area contributed by atoms with Crippen molar-refractivity contribution in [2.75, 3.05) is 16.4 Å². The normalized spacial score (nSPS) is 11.0. The Kier molecular flexibility index (Phi) is 7.60. The molecular formula is C30H26N6O2S. The van der Waals surface area contributed by atoms with Gasteiger partial charge < -0.3 is 21.7 Å². The molecule has 39 heavy (non-hydrogen) atoms. The molecule has 0 radical (unpaired) electrons. The van der Waals surface area contributed by atoms with Gasteiger partial charge in [-0.3, -0.25) is 9.78 Å². The predicted molar refractivity (Wildman–Crippen MR) is 158 cm³/mol. The van der Waals surface area contributed by atoms with Crippen LogP contribution in [0.1, 0.15) is 16.7 Å². The van der Waals surface area contributed by atoms with E-state index in [1.807, 2.05) is 73.0 Å². The molecule has 3 heterocycles. The quantitative estimate of drug-likeness (QED) is 0.185. The third kappa shape index (κ3) is 6.28. The molecule has 5 aromatic rings. The van der Waals surface area contributed by atoms with Gasteiger partial charge in [0.25, 0.3) is 0 Å². The van der Waals surface area contributed by atoms with Crippen LogP contribution in [0, 0.1) is 6.92 Å². The Hall–Kier alpha value is -5.02. The first-order valence-electron chi connectivity index (χ1n) is 12.2. The first-order chi connectivity index (χ1) is 19.0. The number of thiophene rings is 1. The van der Waals surface area contributed by atoms with Crippen molar-refractivity contribution in [3.05, 3.63) is 107 Å². The molecule has 0 aliphatic rings. The first kappa shape index (κ1) is 25.6. The Labute approximate surface area is 229 Å². The number of pyridine rings is 2. The Balaban J connectivity index is 1.29. The molecule has 0 saturated heterocycles. The molecule has 3 aromatic heterocycles. The highest BCUT2D eigenvalue weighted by Gasteiger charge is 2.14. The molecule has 5 rings (SSSR count). The molecule has 0 spiro atoms. The molecule has 0 unspecified atom stereocenters. The number of nitrogen functional groups attached to an aromatic ring is 1. The molecule has 0 fully saturated rings. The van der Waals surface area contributed by atoms with E-state index in [2.05, 4.69) is 25.9 Å². The molecule has 194 valence electrons. The number of nitrogens with one attached hydrogen (secondary N) is 3. The third-order valence-electron chi connectivity index (χ3n) is 5.99. The minimum absolute atomic E-state index is 0.213. The van der Waals surface area contributed by atoms with Crippen LogP contribution in [-0.2, 0) is 11.3 Å². The lowest BCUT2D eigenvalue weighted by molar-refractivity contribution is -0.116. The molecule has 0 saturated carbocycles. The van der Waals surface area contributed by atoms with Gasteiger partial charge in [0.1, 0.15) is 5.82 Å². The molecule has 0 aliphatic carbocycles. The van der Waals surface area contributed by atoms with Crippen molar-refractivity contribution in [2.45, 2.75) is 13.5 Å². The van der Waals surface area contributed by atoms with Crippen molar-refractivity contribution in [3.63, 3.8) is 0 Å². The summed E-state index contributed by atoms with van der Waals surface area (Å²) in [6.07, 6.45) is 8.31. The highest BCUT2D eigenvalue weighted by atomic mass is 32.1. The van der Waals surface area contributed by atoms with Crippen molar-refractivity contribution in [1.29, 1.82) is 0 Å². The topological polar surface area (TPSA) is 122 Å². The van der Waals surface area contributed by atoms with Gasteiger partial charge in [-0.05, 0) is 65.4 Å². The Morgan fingerprint density at radius 1 is 1.00 bits per heavy atom. The van der Waals surface area contributed by atoms with E-state index < -0.39 is 0 Å². The van der Waals surface area contributed by atoms with Gasteiger partial charge in [-0.2, -0.15) is 0 Å². The zero-order chi connectivity index (χ0) is 27.2.